The molecular weight excluding hydrogens is 270 g/mol. The van der Waals surface area contributed by atoms with Crippen molar-refractivity contribution in [1.82, 2.24) is 0 Å². The summed E-state index contributed by atoms with van der Waals surface area (Å²) in [6.07, 6.45) is 0. The third-order valence-electron chi connectivity index (χ3n) is 2.19. The van der Waals surface area contributed by atoms with Crippen molar-refractivity contribution in [1.29, 1.82) is 0 Å². The van der Waals surface area contributed by atoms with E-state index < -0.39 is 30.0 Å². The SMILES string of the molecule is Cc1cc(S(=O)(=O)O)cc(S(=O)(=O)O)c1CN. The van der Waals surface area contributed by atoms with Gasteiger partial charge < -0.3 is 5.73 Å². The van der Waals surface area contributed by atoms with E-state index in [4.69, 9.17) is 14.8 Å². The van der Waals surface area contributed by atoms with E-state index in [1.807, 2.05) is 0 Å². The van der Waals surface area contributed by atoms with Crippen molar-refractivity contribution in [3.05, 3.63) is 23.3 Å². The maximum absolute atomic E-state index is 11.1. The van der Waals surface area contributed by atoms with Crippen molar-refractivity contribution in [3.8, 4) is 0 Å². The molecule has 0 saturated carbocycles. The van der Waals surface area contributed by atoms with Gasteiger partial charge in [0.2, 0.25) is 0 Å². The van der Waals surface area contributed by atoms with E-state index in [-0.39, 0.29) is 17.7 Å². The second-order valence-electron chi connectivity index (χ2n) is 3.37. The van der Waals surface area contributed by atoms with Gasteiger partial charge in [0.25, 0.3) is 20.2 Å². The van der Waals surface area contributed by atoms with Crippen LogP contribution < -0.4 is 5.73 Å². The largest absolute Gasteiger partial charge is 0.326 e. The quantitative estimate of drug-likeness (QED) is 0.661. The molecular formula is C8H11NO6S2. The van der Waals surface area contributed by atoms with Crippen molar-refractivity contribution in [2.24, 2.45) is 5.73 Å². The van der Waals surface area contributed by atoms with Gasteiger partial charge in [-0.15, -0.1) is 0 Å². The average Bonchev–Trinajstić information content (AvgIpc) is 2.13. The standard InChI is InChI=1S/C8H11NO6S2/c1-5-2-6(16(10,11)12)3-8(7(5)4-9)17(13,14)15/h2-3H,4,9H2,1H3,(H,10,11,12)(H,13,14,15). The highest BCUT2D eigenvalue weighted by Gasteiger charge is 2.21. The first kappa shape index (κ1) is 14.1. The molecule has 0 aliphatic carbocycles. The Balaban J connectivity index is 3.75. The van der Waals surface area contributed by atoms with Crippen molar-refractivity contribution in [2.45, 2.75) is 23.3 Å². The average molecular weight is 281 g/mol. The van der Waals surface area contributed by atoms with E-state index in [2.05, 4.69) is 0 Å². The number of hydrogen-bond donors (Lipinski definition) is 3. The van der Waals surface area contributed by atoms with Gasteiger partial charge in [0.1, 0.15) is 0 Å². The molecule has 9 heteroatoms. The topological polar surface area (TPSA) is 135 Å². The van der Waals surface area contributed by atoms with Gasteiger partial charge in [-0.25, -0.2) is 0 Å². The lowest BCUT2D eigenvalue weighted by Crippen LogP contribution is -2.11. The summed E-state index contributed by atoms with van der Waals surface area (Å²) in [5.41, 5.74) is 5.66. The molecule has 1 rings (SSSR count). The minimum atomic E-state index is -4.61. The van der Waals surface area contributed by atoms with Gasteiger partial charge in [-0.2, -0.15) is 16.8 Å². The number of aryl methyl sites for hydroxylation is 1. The first-order valence-electron chi connectivity index (χ1n) is 4.36. The Kier molecular flexibility index (Phi) is 3.60. The summed E-state index contributed by atoms with van der Waals surface area (Å²) < 4.78 is 61.7. The first-order valence-corrected chi connectivity index (χ1v) is 7.24. The van der Waals surface area contributed by atoms with Crippen LogP contribution in [0.5, 0.6) is 0 Å². The summed E-state index contributed by atoms with van der Waals surface area (Å²) in [6, 6.07) is 1.74. The van der Waals surface area contributed by atoms with Gasteiger partial charge in [0.05, 0.1) is 9.79 Å². The van der Waals surface area contributed by atoms with Gasteiger partial charge in [0.15, 0.2) is 0 Å². The highest BCUT2D eigenvalue weighted by molar-refractivity contribution is 7.86. The van der Waals surface area contributed by atoms with Crippen LogP contribution in [0, 0.1) is 6.92 Å². The molecule has 0 spiro atoms. The molecule has 0 heterocycles. The second kappa shape index (κ2) is 4.35. The molecule has 1 aromatic rings. The molecule has 0 amide bonds. The predicted octanol–water partition coefficient (Wildman–Crippen LogP) is -0.0529. The molecule has 0 saturated heterocycles. The molecule has 0 aromatic heterocycles. The number of benzene rings is 1. The Bertz CT molecular complexity index is 647. The van der Waals surface area contributed by atoms with Gasteiger partial charge >= 0.3 is 0 Å². The van der Waals surface area contributed by atoms with Crippen LogP contribution in [0.25, 0.3) is 0 Å². The molecule has 4 N–H and O–H groups in total. The van der Waals surface area contributed by atoms with Crippen LogP contribution in [0.2, 0.25) is 0 Å². The Morgan fingerprint density at radius 1 is 1.12 bits per heavy atom. The summed E-state index contributed by atoms with van der Waals surface area (Å²) in [7, 11) is -9.16. The lowest BCUT2D eigenvalue weighted by Gasteiger charge is -2.10. The lowest BCUT2D eigenvalue weighted by molar-refractivity contribution is 0.480. The maximum atomic E-state index is 11.1. The number of hydrogen-bond acceptors (Lipinski definition) is 5. The van der Waals surface area contributed by atoms with Crippen molar-refractivity contribution >= 4 is 20.2 Å². The molecule has 96 valence electrons. The summed E-state index contributed by atoms with van der Waals surface area (Å²) in [5.74, 6) is 0. The molecule has 0 radical (unpaired) electrons. The Labute approximate surface area is 98.8 Å². The third-order valence-corrected chi connectivity index (χ3v) is 3.94. The molecule has 0 bridgehead atoms. The van der Waals surface area contributed by atoms with E-state index in [1.54, 1.807) is 0 Å². The fourth-order valence-corrected chi connectivity index (χ4v) is 2.89. The molecule has 0 unspecified atom stereocenters. The van der Waals surface area contributed by atoms with Crippen molar-refractivity contribution in [2.75, 3.05) is 0 Å². The van der Waals surface area contributed by atoms with E-state index in [0.29, 0.717) is 6.07 Å². The molecule has 1 aromatic carbocycles. The fourth-order valence-electron chi connectivity index (χ4n) is 1.39. The molecule has 17 heavy (non-hydrogen) atoms. The number of nitrogens with two attached hydrogens (primary N) is 1. The minimum Gasteiger partial charge on any atom is -0.326 e. The van der Waals surface area contributed by atoms with E-state index in [9.17, 15) is 16.8 Å². The highest BCUT2D eigenvalue weighted by Crippen LogP contribution is 2.23. The summed E-state index contributed by atoms with van der Waals surface area (Å²) in [4.78, 5) is -1.23. The molecule has 0 aliphatic heterocycles. The van der Waals surface area contributed by atoms with Crippen molar-refractivity contribution in [3.63, 3.8) is 0 Å². The Morgan fingerprint density at radius 3 is 2.00 bits per heavy atom. The molecule has 7 nitrogen and oxygen atoms in total. The Hall–Kier alpha value is -1.00. The van der Waals surface area contributed by atoms with Crippen molar-refractivity contribution < 1.29 is 25.9 Å². The van der Waals surface area contributed by atoms with Crippen LogP contribution in [0.3, 0.4) is 0 Å². The van der Waals surface area contributed by atoms with E-state index >= 15 is 0 Å². The third kappa shape index (κ3) is 3.01. The van der Waals surface area contributed by atoms with Gasteiger partial charge in [-0.05, 0) is 30.2 Å². The monoisotopic (exact) mass is 281 g/mol. The summed E-state index contributed by atoms with van der Waals surface area (Å²) in [6.45, 7) is 1.23. The highest BCUT2D eigenvalue weighted by atomic mass is 32.2. The molecule has 0 fully saturated rings. The Morgan fingerprint density at radius 2 is 1.65 bits per heavy atom. The van der Waals surface area contributed by atoms with Crippen LogP contribution in [-0.4, -0.2) is 25.9 Å². The van der Waals surface area contributed by atoms with E-state index in [1.165, 1.54) is 6.92 Å². The van der Waals surface area contributed by atoms with Gasteiger partial charge in [-0.1, -0.05) is 0 Å². The zero-order valence-electron chi connectivity index (χ0n) is 8.78. The maximum Gasteiger partial charge on any atom is 0.294 e. The first-order chi connectivity index (χ1) is 7.57. The van der Waals surface area contributed by atoms with Crippen LogP contribution in [0.1, 0.15) is 11.1 Å². The normalized spacial score (nSPS) is 12.7. The smallest absolute Gasteiger partial charge is 0.294 e. The molecule has 0 aliphatic rings. The zero-order valence-corrected chi connectivity index (χ0v) is 10.4. The van der Waals surface area contributed by atoms with Crippen LogP contribution in [0.15, 0.2) is 21.9 Å². The minimum absolute atomic E-state index is 0.0971. The van der Waals surface area contributed by atoms with Crippen LogP contribution >= 0.6 is 0 Å². The van der Waals surface area contributed by atoms with Gasteiger partial charge in [-0.3, -0.25) is 9.11 Å². The second-order valence-corrected chi connectivity index (χ2v) is 6.18. The predicted molar refractivity (Wildman–Crippen MR) is 58.7 cm³/mol. The lowest BCUT2D eigenvalue weighted by atomic mass is 10.1. The van der Waals surface area contributed by atoms with E-state index in [0.717, 1.165) is 6.07 Å². The summed E-state index contributed by atoms with van der Waals surface area (Å²) in [5, 5.41) is 0. The zero-order chi connectivity index (χ0) is 13.4. The van der Waals surface area contributed by atoms with Crippen LogP contribution in [0.4, 0.5) is 0 Å². The number of rotatable bonds is 3. The van der Waals surface area contributed by atoms with Crippen LogP contribution in [-0.2, 0) is 26.8 Å². The molecule has 0 atom stereocenters. The fraction of sp³-hybridized carbons (Fsp3) is 0.250. The summed E-state index contributed by atoms with van der Waals surface area (Å²) >= 11 is 0. The van der Waals surface area contributed by atoms with Gasteiger partial charge in [0, 0.05) is 6.54 Å².